The molecule has 2 N–H and O–H groups in total. The van der Waals surface area contributed by atoms with Crippen LogP contribution in [0.5, 0.6) is 11.5 Å². The van der Waals surface area contributed by atoms with E-state index in [4.69, 9.17) is 14.2 Å². The van der Waals surface area contributed by atoms with E-state index in [2.05, 4.69) is 20.2 Å². The fourth-order valence-electron chi connectivity index (χ4n) is 4.64. The predicted molar refractivity (Wildman–Crippen MR) is 140 cm³/mol. The molecular weight excluding hydrogens is 492 g/mol. The first-order chi connectivity index (χ1) is 18.0. The zero-order chi connectivity index (χ0) is 25.4. The molecule has 1 unspecified atom stereocenters. The smallest absolute Gasteiger partial charge is 0.240 e. The fourth-order valence-corrected chi connectivity index (χ4v) is 5.98. The van der Waals surface area contributed by atoms with Crippen LogP contribution >= 0.6 is 0 Å². The Hall–Kier alpha value is -3.73. The highest BCUT2D eigenvalue weighted by atomic mass is 32.2. The molecule has 0 saturated carbocycles. The van der Waals surface area contributed by atoms with Gasteiger partial charge in [-0.15, -0.1) is 10.2 Å². The third-order valence-electron chi connectivity index (χ3n) is 6.60. The molecule has 0 aliphatic carbocycles. The molecule has 10 heteroatoms. The summed E-state index contributed by atoms with van der Waals surface area (Å²) in [4.78, 5) is 0.219. The van der Waals surface area contributed by atoms with E-state index in [1.165, 1.54) is 0 Å². The number of nitrogens with one attached hydrogen (secondary N) is 2. The first-order valence-electron chi connectivity index (χ1n) is 12.1. The minimum atomic E-state index is -3.73. The van der Waals surface area contributed by atoms with Gasteiger partial charge in [-0.25, -0.2) is 13.1 Å². The highest BCUT2D eigenvalue weighted by Crippen LogP contribution is 2.37. The Labute approximate surface area is 214 Å². The lowest BCUT2D eigenvalue weighted by atomic mass is 10.0. The summed E-state index contributed by atoms with van der Waals surface area (Å²) in [6, 6.07) is 18.7. The second-order valence-corrected chi connectivity index (χ2v) is 10.8. The number of fused-ring (bicyclic) bond motifs is 2. The topological polar surface area (TPSA) is 112 Å². The van der Waals surface area contributed by atoms with Crippen molar-refractivity contribution in [3.63, 3.8) is 0 Å². The molecule has 2 aliphatic rings. The quantitative estimate of drug-likeness (QED) is 0.367. The minimum Gasteiger partial charge on any atom is -0.454 e. The van der Waals surface area contributed by atoms with Crippen molar-refractivity contribution in [2.75, 3.05) is 25.3 Å². The summed E-state index contributed by atoms with van der Waals surface area (Å²) in [6.45, 7) is 2.92. The SMILES string of the molecule is Cc1ccc(-c2nnc(Nc3ccc4c(c3)OCO4)c3ccccc23)cc1S(=O)(=O)NCC1CCCO1. The van der Waals surface area contributed by atoms with Gasteiger partial charge in [0.25, 0.3) is 0 Å². The first-order valence-corrected chi connectivity index (χ1v) is 13.6. The molecule has 1 saturated heterocycles. The number of aryl methyl sites for hydroxylation is 1. The number of hydrogen-bond donors (Lipinski definition) is 2. The average molecular weight is 519 g/mol. The Morgan fingerprint density at radius 3 is 2.65 bits per heavy atom. The van der Waals surface area contributed by atoms with Crippen LogP contribution in [0.1, 0.15) is 18.4 Å². The van der Waals surface area contributed by atoms with Crippen LogP contribution in [0.15, 0.2) is 65.6 Å². The number of benzene rings is 3. The Morgan fingerprint density at radius 2 is 1.81 bits per heavy atom. The Kier molecular flexibility index (Phi) is 6.15. The maximum atomic E-state index is 13.2. The van der Waals surface area contributed by atoms with Crippen molar-refractivity contribution < 1.29 is 22.6 Å². The Balaban J connectivity index is 1.34. The second kappa shape index (κ2) is 9.62. The second-order valence-electron chi connectivity index (χ2n) is 9.10. The first kappa shape index (κ1) is 23.7. The van der Waals surface area contributed by atoms with Crippen LogP contribution < -0.4 is 19.5 Å². The van der Waals surface area contributed by atoms with Gasteiger partial charge in [0.2, 0.25) is 16.8 Å². The molecule has 0 spiro atoms. The van der Waals surface area contributed by atoms with Crippen molar-refractivity contribution in [1.82, 2.24) is 14.9 Å². The zero-order valence-electron chi connectivity index (χ0n) is 20.2. The van der Waals surface area contributed by atoms with E-state index in [-0.39, 0.29) is 24.3 Å². The van der Waals surface area contributed by atoms with E-state index >= 15 is 0 Å². The highest BCUT2D eigenvalue weighted by Gasteiger charge is 2.23. The van der Waals surface area contributed by atoms with Gasteiger partial charge in [0.1, 0.15) is 5.69 Å². The van der Waals surface area contributed by atoms with Gasteiger partial charge in [0, 0.05) is 41.2 Å². The van der Waals surface area contributed by atoms with Gasteiger partial charge in [-0.05, 0) is 43.5 Å². The summed E-state index contributed by atoms with van der Waals surface area (Å²) in [5.74, 6) is 1.95. The number of nitrogens with zero attached hydrogens (tertiary/aromatic N) is 2. The van der Waals surface area contributed by atoms with E-state index in [9.17, 15) is 8.42 Å². The molecule has 2 aliphatic heterocycles. The minimum absolute atomic E-state index is 0.0853. The third kappa shape index (κ3) is 4.71. The predicted octanol–water partition coefficient (Wildman–Crippen LogP) is 4.53. The molecule has 4 aromatic rings. The summed E-state index contributed by atoms with van der Waals surface area (Å²) < 4.78 is 45.5. The average Bonchev–Trinajstić information content (AvgIpc) is 3.60. The van der Waals surface area contributed by atoms with E-state index in [1.54, 1.807) is 19.1 Å². The standard InChI is InChI=1S/C27H26N4O5S/c1-17-8-9-18(13-25(17)37(32,33)28-15-20-5-4-12-34-20)26-21-6-2-3-7-22(21)27(31-30-26)29-19-10-11-23-24(14-19)36-16-35-23/h2-3,6-11,13-14,20,28H,4-5,12,15-16H2,1H3,(H,29,31). The van der Waals surface area contributed by atoms with E-state index < -0.39 is 10.0 Å². The number of anilines is 2. The third-order valence-corrected chi connectivity index (χ3v) is 8.16. The van der Waals surface area contributed by atoms with Crippen LogP contribution in [-0.2, 0) is 14.8 Å². The number of rotatable bonds is 7. The molecule has 0 amide bonds. The molecular formula is C27H26N4O5S. The summed E-state index contributed by atoms with van der Waals surface area (Å²) in [6.07, 6.45) is 1.72. The van der Waals surface area contributed by atoms with Crippen LogP contribution in [0.25, 0.3) is 22.0 Å². The van der Waals surface area contributed by atoms with Crippen LogP contribution in [0.3, 0.4) is 0 Å². The molecule has 6 rings (SSSR count). The van der Waals surface area contributed by atoms with Crippen molar-refractivity contribution >= 4 is 32.3 Å². The van der Waals surface area contributed by atoms with Gasteiger partial charge in [-0.3, -0.25) is 0 Å². The van der Waals surface area contributed by atoms with Gasteiger partial charge >= 0.3 is 0 Å². The molecule has 1 atom stereocenters. The van der Waals surface area contributed by atoms with E-state index in [0.717, 1.165) is 29.3 Å². The summed E-state index contributed by atoms with van der Waals surface area (Å²) in [5.41, 5.74) is 2.71. The zero-order valence-corrected chi connectivity index (χ0v) is 21.0. The van der Waals surface area contributed by atoms with Crippen molar-refractivity contribution in [1.29, 1.82) is 0 Å². The lowest BCUT2D eigenvalue weighted by molar-refractivity contribution is 0.114. The number of aromatic nitrogens is 2. The molecule has 37 heavy (non-hydrogen) atoms. The van der Waals surface area contributed by atoms with Crippen molar-refractivity contribution in [2.24, 2.45) is 0 Å². The van der Waals surface area contributed by atoms with Crippen molar-refractivity contribution in [2.45, 2.75) is 30.8 Å². The molecule has 1 aromatic heterocycles. The highest BCUT2D eigenvalue weighted by molar-refractivity contribution is 7.89. The van der Waals surface area contributed by atoms with Gasteiger partial charge in [0.15, 0.2) is 17.3 Å². The van der Waals surface area contributed by atoms with Gasteiger partial charge in [-0.2, -0.15) is 0 Å². The molecule has 0 radical (unpaired) electrons. The molecule has 190 valence electrons. The number of hydrogen-bond acceptors (Lipinski definition) is 8. The van der Waals surface area contributed by atoms with Crippen LogP contribution in [0.4, 0.5) is 11.5 Å². The van der Waals surface area contributed by atoms with Crippen LogP contribution in [0, 0.1) is 6.92 Å². The van der Waals surface area contributed by atoms with Crippen molar-refractivity contribution in [3.05, 3.63) is 66.2 Å². The largest absolute Gasteiger partial charge is 0.454 e. The maximum absolute atomic E-state index is 13.2. The van der Waals surface area contributed by atoms with Gasteiger partial charge in [-0.1, -0.05) is 36.4 Å². The monoisotopic (exact) mass is 518 g/mol. The Bertz CT molecular complexity index is 1590. The van der Waals surface area contributed by atoms with E-state index in [0.29, 0.717) is 40.7 Å². The normalized spacial score (nSPS) is 16.8. The maximum Gasteiger partial charge on any atom is 0.240 e. The fraction of sp³-hybridized carbons (Fsp3) is 0.259. The molecule has 3 aromatic carbocycles. The number of sulfonamides is 1. The summed E-state index contributed by atoms with van der Waals surface area (Å²) >= 11 is 0. The van der Waals surface area contributed by atoms with E-state index in [1.807, 2.05) is 48.5 Å². The summed E-state index contributed by atoms with van der Waals surface area (Å²) in [7, 11) is -3.73. The Morgan fingerprint density at radius 1 is 0.973 bits per heavy atom. The van der Waals surface area contributed by atoms with Crippen molar-refractivity contribution in [3.8, 4) is 22.8 Å². The molecule has 3 heterocycles. The van der Waals surface area contributed by atoms with Crippen LogP contribution in [0.2, 0.25) is 0 Å². The van der Waals surface area contributed by atoms with Crippen LogP contribution in [-0.4, -0.2) is 44.7 Å². The lowest BCUT2D eigenvalue weighted by Gasteiger charge is -2.15. The molecule has 0 bridgehead atoms. The van der Waals surface area contributed by atoms with Gasteiger partial charge in [0.05, 0.1) is 11.0 Å². The molecule has 9 nitrogen and oxygen atoms in total. The lowest BCUT2D eigenvalue weighted by Crippen LogP contribution is -2.32. The summed E-state index contributed by atoms with van der Waals surface area (Å²) in [5, 5.41) is 14.0. The number of ether oxygens (including phenoxy) is 3. The molecule has 1 fully saturated rings. The van der Waals surface area contributed by atoms with Gasteiger partial charge < -0.3 is 19.5 Å².